The Kier molecular flexibility index (Phi) is 3.48. The maximum absolute atomic E-state index is 13.3. The first kappa shape index (κ1) is 17.2. The highest BCUT2D eigenvalue weighted by atomic mass is 19.4. The summed E-state index contributed by atoms with van der Waals surface area (Å²) in [5.41, 5.74) is -2.33. The van der Waals surface area contributed by atoms with Crippen LogP contribution >= 0.6 is 0 Å². The van der Waals surface area contributed by atoms with Gasteiger partial charge in [0.1, 0.15) is 11.5 Å². The van der Waals surface area contributed by atoms with E-state index in [4.69, 9.17) is 4.74 Å². The number of hydrogen-bond acceptors (Lipinski definition) is 2. The van der Waals surface area contributed by atoms with Gasteiger partial charge in [-0.25, -0.2) is 8.78 Å². The van der Waals surface area contributed by atoms with Crippen molar-refractivity contribution in [1.29, 1.82) is 0 Å². The molecule has 3 atom stereocenters. The Balaban J connectivity index is 2.15. The average Bonchev–Trinajstić information content (AvgIpc) is 2.94. The smallest absolute Gasteiger partial charge is 0.401 e. The van der Waals surface area contributed by atoms with Crippen LogP contribution in [0, 0.1) is 23.2 Å². The van der Waals surface area contributed by atoms with Gasteiger partial charge in [-0.05, 0) is 32.1 Å². The van der Waals surface area contributed by atoms with Crippen molar-refractivity contribution in [3.8, 4) is 0 Å². The highest BCUT2D eigenvalue weighted by Crippen LogP contribution is 2.67. The Morgan fingerprint density at radius 2 is 1.68 bits per heavy atom. The van der Waals surface area contributed by atoms with Gasteiger partial charge in [-0.2, -0.15) is 13.2 Å². The maximum Gasteiger partial charge on any atom is 0.401 e. The molecule has 0 radical (unpaired) electrons. The standard InChI is InChI=1S/C15H19F5O2/c1-12(2,3)22-11(21)9-7(13(9,4)5)6-8-10(14(8,16)17)15(18,19)20/h6-7,9-10H,1-5H3. The molecule has 0 N–H and O–H groups in total. The minimum Gasteiger partial charge on any atom is -0.460 e. The van der Waals surface area contributed by atoms with Crippen molar-refractivity contribution in [2.75, 3.05) is 0 Å². The number of halogens is 5. The summed E-state index contributed by atoms with van der Waals surface area (Å²) in [4.78, 5) is 12.0. The third-order valence-electron chi connectivity index (χ3n) is 4.23. The van der Waals surface area contributed by atoms with Gasteiger partial charge in [-0.1, -0.05) is 19.9 Å². The monoisotopic (exact) mass is 326 g/mol. The van der Waals surface area contributed by atoms with E-state index in [1.165, 1.54) is 0 Å². The van der Waals surface area contributed by atoms with E-state index in [2.05, 4.69) is 0 Å². The van der Waals surface area contributed by atoms with Gasteiger partial charge in [0.2, 0.25) is 0 Å². The van der Waals surface area contributed by atoms with Gasteiger partial charge in [0.15, 0.2) is 0 Å². The quantitative estimate of drug-likeness (QED) is 0.428. The van der Waals surface area contributed by atoms with Gasteiger partial charge in [0, 0.05) is 5.57 Å². The fourth-order valence-corrected chi connectivity index (χ4v) is 2.88. The number of ether oxygens (including phenoxy) is 1. The molecule has 0 heterocycles. The van der Waals surface area contributed by atoms with Gasteiger partial charge in [-0.15, -0.1) is 0 Å². The van der Waals surface area contributed by atoms with Crippen molar-refractivity contribution in [1.82, 2.24) is 0 Å². The van der Waals surface area contributed by atoms with Crippen LogP contribution in [0.25, 0.3) is 0 Å². The predicted molar refractivity (Wildman–Crippen MR) is 69.2 cm³/mol. The van der Waals surface area contributed by atoms with Gasteiger partial charge in [0.25, 0.3) is 5.92 Å². The Morgan fingerprint density at radius 3 is 2.05 bits per heavy atom. The molecular weight excluding hydrogens is 307 g/mol. The zero-order chi connectivity index (χ0) is 17.3. The van der Waals surface area contributed by atoms with Gasteiger partial charge in [-0.3, -0.25) is 4.79 Å². The molecule has 126 valence electrons. The van der Waals surface area contributed by atoms with Gasteiger partial charge in [0.05, 0.1) is 5.92 Å². The lowest BCUT2D eigenvalue weighted by atomic mass is 10.1. The first-order valence-corrected chi connectivity index (χ1v) is 6.99. The molecule has 22 heavy (non-hydrogen) atoms. The van der Waals surface area contributed by atoms with Crippen molar-refractivity contribution >= 4 is 5.97 Å². The molecule has 0 amide bonds. The van der Waals surface area contributed by atoms with Crippen molar-refractivity contribution < 1.29 is 31.5 Å². The third kappa shape index (κ3) is 2.86. The molecule has 3 unspecified atom stereocenters. The van der Waals surface area contributed by atoms with E-state index in [0.717, 1.165) is 6.08 Å². The van der Waals surface area contributed by atoms with Crippen LogP contribution < -0.4 is 0 Å². The van der Waals surface area contributed by atoms with Crippen LogP contribution in [-0.2, 0) is 9.53 Å². The lowest BCUT2D eigenvalue weighted by molar-refractivity contribution is -0.166. The number of carbonyl (C=O) groups is 1. The minimum atomic E-state index is -4.96. The molecule has 2 fully saturated rings. The number of hydrogen-bond donors (Lipinski definition) is 0. The summed E-state index contributed by atoms with van der Waals surface area (Å²) in [6.45, 7) is 8.33. The maximum atomic E-state index is 13.3. The van der Waals surface area contributed by atoms with Gasteiger partial charge >= 0.3 is 12.1 Å². The zero-order valence-electron chi connectivity index (χ0n) is 13.0. The summed E-state index contributed by atoms with van der Waals surface area (Å²) in [5.74, 6) is -8.47. The van der Waals surface area contributed by atoms with E-state index < -0.39 is 52.4 Å². The van der Waals surface area contributed by atoms with E-state index >= 15 is 0 Å². The number of carbonyl (C=O) groups excluding carboxylic acids is 1. The van der Waals surface area contributed by atoms with Crippen molar-refractivity contribution in [2.24, 2.45) is 23.2 Å². The molecule has 0 aromatic heterocycles. The number of rotatable bonds is 2. The van der Waals surface area contributed by atoms with Crippen LogP contribution in [0.1, 0.15) is 34.6 Å². The second-order valence-electron chi connectivity index (χ2n) is 7.58. The molecule has 2 aliphatic carbocycles. The van der Waals surface area contributed by atoms with Crippen molar-refractivity contribution in [3.63, 3.8) is 0 Å². The Hall–Kier alpha value is -1.14. The molecule has 2 nitrogen and oxygen atoms in total. The summed E-state index contributed by atoms with van der Waals surface area (Å²) in [6.07, 6.45) is -4.04. The number of esters is 1. The van der Waals surface area contributed by atoms with E-state index in [9.17, 15) is 26.7 Å². The molecule has 0 aromatic carbocycles. The predicted octanol–water partition coefficient (Wildman–Crippen LogP) is 4.35. The molecule has 2 saturated carbocycles. The first-order chi connectivity index (χ1) is 9.60. The SMILES string of the molecule is CC(C)(C)OC(=O)C1C(C=C2C(C(F)(F)F)C2(F)F)C1(C)C. The van der Waals surface area contributed by atoms with Crippen LogP contribution in [0.2, 0.25) is 0 Å². The summed E-state index contributed by atoms with van der Waals surface area (Å²) in [5, 5.41) is 0. The van der Waals surface area contributed by atoms with Crippen LogP contribution in [0.4, 0.5) is 22.0 Å². The van der Waals surface area contributed by atoms with Crippen LogP contribution in [-0.4, -0.2) is 23.7 Å². The lowest BCUT2D eigenvalue weighted by Crippen LogP contribution is -2.26. The normalized spacial score (nSPS) is 34.5. The summed E-state index contributed by atoms with van der Waals surface area (Å²) in [6, 6.07) is 0. The Morgan fingerprint density at radius 1 is 1.18 bits per heavy atom. The van der Waals surface area contributed by atoms with Crippen molar-refractivity contribution in [2.45, 2.75) is 52.3 Å². The van der Waals surface area contributed by atoms with Crippen LogP contribution in [0.3, 0.4) is 0 Å². The van der Waals surface area contributed by atoms with E-state index in [-0.39, 0.29) is 0 Å². The Bertz CT molecular complexity index is 525. The zero-order valence-corrected chi connectivity index (χ0v) is 13.0. The molecule has 0 saturated heterocycles. The summed E-state index contributed by atoms with van der Waals surface area (Å²) in [7, 11) is 0. The summed E-state index contributed by atoms with van der Waals surface area (Å²) < 4.78 is 69.3. The largest absolute Gasteiger partial charge is 0.460 e. The highest BCUT2D eigenvalue weighted by molar-refractivity contribution is 5.78. The second-order valence-corrected chi connectivity index (χ2v) is 7.58. The van der Waals surface area contributed by atoms with Gasteiger partial charge < -0.3 is 4.74 Å². The van der Waals surface area contributed by atoms with Crippen LogP contribution in [0.15, 0.2) is 11.6 Å². The van der Waals surface area contributed by atoms with Crippen molar-refractivity contribution in [3.05, 3.63) is 11.6 Å². The molecule has 7 heteroatoms. The first-order valence-electron chi connectivity index (χ1n) is 6.99. The third-order valence-corrected chi connectivity index (χ3v) is 4.23. The van der Waals surface area contributed by atoms with Crippen LogP contribution in [0.5, 0.6) is 0 Å². The fourth-order valence-electron chi connectivity index (χ4n) is 2.88. The van der Waals surface area contributed by atoms with E-state index in [1.54, 1.807) is 34.6 Å². The number of allylic oxidation sites excluding steroid dienone is 2. The second kappa shape index (κ2) is 4.45. The molecule has 2 aliphatic rings. The molecule has 0 aliphatic heterocycles. The molecule has 0 aromatic rings. The van der Waals surface area contributed by atoms with E-state index in [1.807, 2.05) is 0 Å². The molecule has 0 spiro atoms. The lowest BCUT2D eigenvalue weighted by Gasteiger charge is -2.19. The fraction of sp³-hybridized carbons (Fsp3) is 0.800. The minimum absolute atomic E-state index is 0.563. The highest BCUT2D eigenvalue weighted by Gasteiger charge is 2.76. The average molecular weight is 326 g/mol. The van der Waals surface area contributed by atoms with E-state index in [0.29, 0.717) is 0 Å². The summed E-state index contributed by atoms with van der Waals surface area (Å²) >= 11 is 0. The molecular formula is C15H19F5O2. The molecule has 2 rings (SSSR count). The molecule has 0 bridgehead atoms. The topological polar surface area (TPSA) is 26.3 Å². The number of alkyl halides is 5. The Labute approximate surface area is 125 Å².